The number of H-pyrrole nitrogens is 1. The van der Waals surface area contributed by atoms with Gasteiger partial charge < -0.3 is 15.5 Å². The number of aromatic amines is 1. The maximum absolute atomic E-state index is 12.1. The van der Waals surface area contributed by atoms with E-state index in [0.717, 1.165) is 65.4 Å². The molecule has 0 radical (unpaired) electrons. The zero-order chi connectivity index (χ0) is 22.8. The van der Waals surface area contributed by atoms with Crippen LogP contribution in [0.2, 0.25) is 0 Å². The van der Waals surface area contributed by atoms with Crippen molar-refractivity contribution in [2.75, 3.05) is 42.7 Å². The number of benzene rings is 2. The van der Waals surface area contributed by atoms with Gasteiger partial charge in [-0.2, -0.15) is 5.10 Å². The summed E-state index contributed by atoms with van der Waals surface area (Å²) in [5, 5.41) is 15.3. The van der Waals surface area contributed by atoms with E-state index in [2.05, 4.69) is 36.8 Å². The molecule has 1 saturated heterocycles. The van der Waals surface area contributed by atoms with E-state index >= 15 is 0 Å². The molecule has 9 heteroatoms. The Morgan fingerprint density at radius 2 is 1.88 bits per heavy atom. The number of piperazine rings is 1. The number of nitrogens with one attached hydrogen (secondary N) is 3. The zero-order valence-electron chi connectivity index (χ0n) is 18.4. The molecule has 0 atom stereocenters. The number of fused-ring (bicyclic) bond motifs is 1. The molecule has 0 saturated carbocycles. The molecule has 5 rings (SSSR count). The number of sulfone groups is 1. The van der Waals surface area contributed by atoms with Crippen LogP contribution in [0.15, 0.2) is 65.7 Å². The Labute approximate surface area is 193 Å². The van der Waals surface area contributed by atoms with Gasteiger partial charge in [0.1, 0.15) is 11.5 Å². The van der Waals surface area contributed by atoms with Crippen LogP contribution in [0.25, 0.3) is 22.2 Å². The molecule has 3 heterocycles. The molecule has 2 aromatic heterocycles. The van der Waals surface area contributed by atoms with Crippen molar-refractivity contribution in [3.8, 4) is 11.3 Å². The lowest BCUT2D eigenvalue weighted by Gasteiger charge is -2.28. The SMILES string of the molecule is CS(=O)(=O)c1ccccc1CNc1ccc2[nH]nc(-c3ccc(N4CCNCC4)nc3)c2c1. The molecule has 170 valence electrons. The highest BCUT2D eigenvalue weighted by Gasteiger charge is 2.15. The van der Waals surface area contributed by atoms with Crippen LogP contribution in [0.1, 0.15) is 5.56 Å². The molecule has 0 spiro atoms. The Morgan fingerprint density at radius 3 is 2.64 bits per heavy atom. The topological polar surface area (TPSA) is 103 Å². The van der Waals surface area contributed by atoms with Crippen molar-refractivity contribution in [1.82, 2.24) is 20.5 Å². The van der Waals surface area contributed by atoms with Crippen molar-refractivity contribution in [3.63, 3.8) is 0 Å². The van der Waals surface area contributed by atoms with Crippen LogP contribution in [0.4, 0.5) is 11.5 Å². The molecule has 0 unspecified atom stereocenters. The number of anilines is 2. The van der Waals surface area contributed by atoms with Gasteiger partial charge in [-0.1, -0.05) is 18.2 Å². The minimum atomic E-state index is -3.29. The highest BCUT2D eigenvalue weighted by Crippen LogP contribution is 2.29. The van der Waals surface area contributed by atoms with Gasteiger partial charge in [-0.05, 0) is 42.0 Å². The van der Waals surface area contributed by atoms with Crippen LogP contribution < -0.4 is 15.5 Å². The quantitative estimate of drug-likeness (QED) is 0.405. The predicted octanol–water partition coefficient (Wildman–Crippen LogP) is 3.05. The first-order chi connectivity index (χ1) is 16.0. The molecule has 33 heavy (non-hydrogen) atoms. The van der Waals surface area contributed by atoms with Crippen molar-refractivity contribution in [3.05, 3.63) is 66.4 Å². The highest BCUT2D eigenvalue weighted by molar-refractivity contribution is 7.90. The summed E-state index contributed by atoms with van der Waals surface area (Å²) < 4.78 is 24.2. The summed E-state index contributed by atoms with van der Waals surface area (Å²) in [7, 11) is -3.29. The Bertz CT molecular complexity index is 1380. The monoisotopic (exact) mass is 462 g/mol. The van der Waals surface area contributed by atoms with Crippen molar-refractivity contribution in [2.24, 2.45) is 0 Å². The van der Waals surface area contributed by atoms with Crippen molar-refractivity contribution in [2.45, 2.75) is 11.4 Å². The minimum Gasteiger partial charge on any atom is -0.381 e. The Balaban J connectivity index is 1.38. The normalized spacial score (nSPS) is 14.5. The van der Waals surface area contributed by atoms with Gasteiger partial charge in [-0.15, -0.1) is 0 Å². The molecule has 1 fully saturated rings. The smallest absolute Gasteiger partial charge is 0.175 e. The van der Waals surface area contributed by atoms with E-state index in [-0.39, 0.29) is 0 Å². The van der Waals surface area contributed by atoms with E-state index in [1.54, 1.807) is 12.1 Å². The highest BCUT2D eigenvalue weighted by atomic mass is 32.2. The Morgan fingerprint density at radius 1 is 1.06 bits per heavy atom. The molecule has 3 N–H and O–H groups in total. The van der Waals surface area contributed by atoms with Gasteiger partial charge >= 0.3 is 0 Å². The van der Waals surface area contributed by atoms with Crippen LogP contribution in [0.3, 0.4) is 0 Å². The van der Waals surface area contributed by atoms with Gasteiger partial charge in [0.15, 0.2) is 9.84 Å². The third-order valence-electron chi connectivity index (χ3n) is 5.88. The van der Waals surface area contributed by atoms with E-state index in [9.17, 15) is 8.42 Å². The molecule has 8 nitrogen and oxygen atoms in total. The number of rotatable bonds is 6. The number of nitrogens with zero attached hydrogens (tertiary/aromatic N) is 3. The summed E-state index contributed by atoms with van der Waals surface area (Å²) in [4.78, 5) is 7.29. The van der Waals surface area contributed by atoms with Crippen LogP contribution >= 0.6 is 0 Å². The third kappa shape index (κ3) is 4.55. The van der Waals surface area contributed by atoms with Crippen molar-refractivity contribution < 1.29 is 8.42 Å². The second-order valence-corrected chi connectivity index (χ2v) is 10.2. The summed E-state index contributed by atoms with van der Waals surface area (Å²) in [6.07, 6.45) is 3.10. The molecule has 0 aliphatic carbocycles. The summed E-state index contributed by atoms with van der Waals surface area (Å²) >= 11 is 0. The van der Waals surface area contributed by atoms with Crippen LogP contribution in [0, 0.1) is 0 Å². The van der Waals surface area contributed by atoms with Gasteiger partial charge in [-0.25, -0.2) is 13.4 Å². The number of hydrogen-bond donors (Lipinski definition) is 3. The summed E-state index contributed by atoms with van der Waals surface area (Å²) in [5.41, 5.74) is 4.33. The zero-order valence-corrected chi connectivity index (χ0v) is 19.2. The molecule has 1 aliphatic heterocycles. The number of pyridine rings is 1. The maximum atomic E-state index is 12.1. The number of hydrogen-bond acceptors (Lipinski definition) is 7. The lowest BCUT2D eigenvalue weighted by atomic mass is 10.1. The molecule has 2 aromatic carbocycles. The lowest BCUT2D eigenvalue weighted by Crippen LogP contribution is -2.43. The number of aromatic nitrogens is 3. The first-order valence-corrected chi connectivity index (χ1v) is 12.8. The van der Waals surface area contributed by atoms with Gasteiger partial charge in [0.2, 0.25) is 0 Å². The standard InChI is InChI=1S/C24H26N6O2S/c1-33(31,32)22-5-3-2-4-17(22)15-26-19-7-8-21-20(14-19)24(29-28-21)18-6-9-23(27-16-18)30-12-10-25-11-13-30/h2-9,14,16,25-26H,10-13,15H2,1H3,(H,28,29). The lowest BCUT2D eigenvalue weighted by molar-refractivity contribution is 0.585. The molecular weight excluding hydrogens is 436 g/mol. The maximum Gasteiger partial charge on any atom is 0.175 e. The fraction of sp³-hybridized carbons (Fsp3) is 0.250. The Hall–Kier alpha value is -3.43. The first-order valence-electron chi connectivity index (χ1n) is 10.9. The van der Waals surface area contributed by atoms with E-state index in [0.29, 0.717) is 11.4 Å². The van der Waals surface area contributed by atoms with Crippen LogP contribution in [0.5, 0.6) is 0 Å². The van der Waals surface area contributed by atoms with Gasteiger partial charge in [0.05, 0.1) is 10.4 Å². The molecule has 0 amide bonds. The first kappa shape index (κ1) is 21.4. The van der Waals surface area contributed by atoms with Crippen LogP contribution in [-0.2, 0) is 16.4 Å². The largest absolute Gasteiger partial charge is 0.381 e. The second-order valence-electron chi connectivity index (χ2n) is 8.21. The molecule has 4 aromatic rings. The van der Waals surface area contributed by atoms with Crippen molar-refractivity contribution >= 4 is 32.2 Å². The van der Waals surface area contributed by atoms with E-state index in [4.69, 9.17) is 0 Å². The van der Waals surface area contributed by atoms with Gasteiger partial charge in [-0.3, -0.25) is 5.10 Å². The fourth-order valence-electron chi connectivity index (χ4n) is 4.16. The van der Waals surface area contributed by atoms with Gasteiger partial charge in [0.25, 0.3) is 0 Å². The average molecular weight is 463 g/mol. The van der Waals surface area contributed by atoms with Crippen LogP contribution in [-0.4, -0.2) is 56.0 Å². The van der Waals surface area contributed by atoms with Gasteiger partial charge in [0, 0.05) is 61.8 Å². The van der Waals surface area contributed by atoms with Crippen molar-refractivity contribution in [1.29, 1.82) is 0 Å². The van der Waals surface area contributed by atoms with E-state index in [1.807, 2.05) is 42.6 Å². The fourth-order valence-corrected chi connectivity index (χ4v) is 5.10. The molecule has 1 aliphatic rings. The molecule has 0 bridgehead atoms. The second kappa shape index (κ2) is 8.84. The summed E-state index contributed by atoms with van der Waals surface area (Å²) in [6.45, 7) is 4.25. The van der Waals surface area contributed by atoms with E-state index < -0.39 is 9.84 Å². The average Bonchev–Trinajstić information content (AvgIpc) is 3.26. The van der Waals surface area contributed by atoms with E-state index in [1.165, 1.54) is 6.26 Å². The Kier molecular flexibility index (Phi) is 5.74. The minimum absolute atomic E-state index is 0.346. The summed E-state index contributed by atoms with van der Waals surface area (Å²) in [5.74, 6) is 0.979. The third-order valence-corrected chi connectivity index (χ3v) is 7.08. The molecular formula is C24H26N6O2S. The summed E-state index contributed by atoms with van der Waals surface area (Å²) in [6, 6.07) is 17.1. The predicted molar refractivity (Wildman–Crippen MR) is 131 cm³/mol.